The maximum atomic E-state index is 13.1. The maximum Gasteiger partial charge on any atom is 0.306 e. The molecule has 6 heteroatoms. The standard InChI is InChI=1S/C24H30N2O4/c1-23(2)22(29)25-18-5-3-4-6-19(18)26(23)20(27)14-30-21(28)13-24-10-15-7-16(11-24)9-17(8-15)12-24/h3-6,15-17H,7-14H2,1-2H3,(H,25,29). The molecular weight excluding hydrogens is 380 g/mol. The van der Waals surface area contributed by atoms with E-state index in [2.05, 4.69) is 5.32 Å². The van der Waals surface area contributed by atoms with Crippen molar-refractivity contribution in [3.8, 4) is 0 Å². The first-order valence-electron chi connectivity index (χ1n) is 11.1. The maximum absolute atomic E-state index is 13.1. The molecule has 4 bridgehead atoms. The van der Waals surface area contributed by atoms with Gasteiger partial charge in [-0.3, -0.25) is 19.3 Å². The molecule has 1 aliphatic heterocycles. The van der Waals surface area contributed by atoms with Crippen molar-refractivity contribution in [1.82, 2.24) is 0 Å². The van der Waals surface area contributed by atoms with Crippen LogP contribution in [0.4, 0.5) is 11.4 Å². The highest BCUT2D eigenvalue weighted by Crippen LogP contribution is 2.61. The van der Waals surface area contributed by atoms with Gasteiger partial charge in [-0.25, -0.2) is 0 Å². The van der Waals surface area contributed by atoms with Gasteiger partial charge in [-0.05, 0) is 87.7 Å². The molecule has 0 aromatic heterocycles. The Morgan fingerprint density at radius 1 is 1.07 bits per heavy atom. The van der Waals surface area contributed by atoms with Gasteiger partial charge in [0.1, 0.15) is 5.54 Å². The van der Waals surface area contributed by atoms with E-state index in [0.717, 1.165) is 37.0 Å². The molecule has 0 atom stereocenters. The summed E-state index contributed by atoms with van der Waals surface area (Å²) in [5, 5.41) is 2.84. The molecule has 0 radical (unpaired) electrons. The minimum Gasteiger partial charge on any atom is -0.456 e. The third-order valence-corrected chi connectivity index (χ3v) is 7.80. The number of hydrogen-bond acceptors (Lipinski definition) is 4. The Balaban J connectivity index is 1.26. The Bertz CT molecular complexity index is 871. The molecule has 1 heterocycles. The fraction of sp³-hybridized carbons (Fsp3) is 0.625. The van der Waals surface area contributed by atoms with E-state index in [1.54, 1.807) is 26.0 Å². The van der Waals surface area contributed by atoms with Gasteiger partial charge in [0.05, 0.1) is 17.8 Å². The molecule has 2 amide bonds. The van der Waals surface area contributed by atoms with Crippen molar-refractivity contribution in [3.63, 3.8) is 0 Å². The number of fused-ring (bicyclic) bond motifs is 1. The van der Waals surface area contributed by atoms with Crippen LogP contribution in [0.15, 0.2) is 24.3 Å². The summed E-state index contributed by atoms with van der Waals surface area (Å²) in [6, 6.07) is 7.20. The molecule has 0 unspecified atom stereocenters. The lowest BCUT2D eigenvalue weighted by Gasteiger charge is -2.56. The highest BCUT2D eigenvalue weighted by molar-refractivity contribution is 6.14. The number of hydrogen-bond donors (Lipinski definition) is 1. The summed E-state index contributed by atoms with van der Waals surface area (Å²) in [7, 11) is 0. The van der Waals surface area contributed by atoms with Gasteiger partial charge in [0.25, 0.3) is 5.91 Å². The molecular formula is C24H30N2O4. The van der Waals surface area contributed by atoms with Crippen LogP contribution in [-0.2, 0) is 19.1 Å². The molecule has 1 aromatic rings. The summed E-state index contributed by atoms with van der Waals surface area (Å²) in [6.45, 7) is 3.07. The highest BCUT2D eigenvalue weighted by atomic mass is 16.5. The van der Waals surface area contributed by atoms with Gasteiger partial charge in [0, 0.05) is 0 Å². The number of carbonyl (C=O) groups excluding carboxylic acids is 3. The van der Waals surface area contributed by atoms with Gasteiger partial charge < -0.3 is 10.1 Å². The first-order valence-corrected chi connectivity index (χ1v) is 11.1. The molecule has 4 aliphatic carbocycles. The second-order valence-corrected chi connectivity index (χ2v) is 10.5. The molecule has 1 N–H and O–H groups in total. The topological polar surface area (TPSA) is 75.7 Å². The number of benzene rings is 1. The van der Waals surface area contributed by atoms with E-state index < -0.39 is 5.54 Å². The van der Waals surface area contributed by atoms with E-state index in [1.165, 1.54) is 24.2 Å². The summed E-state index contributed by atoms with van der Waals surface area (Å²) in [5.41, 5.74) is 0.253. The molecule has 1 aromatic carbocycles. The normalized spacial score (nSPS) is 33.1. The van der Waals surface area contributed by atoms with Crippen LogP contribution in [0.25, 0.3) is 0 Å². The number of nitrogens with zero attached hydrogens (tertiary/aromatic N) is 1. The van der Waals surface area contributed by atoms with Crippen LogP contribution >= 0.6 is 0 Å². The number of carbonyl (C=O) groups is 3. The lowest BCUT2D eigenvalue weighted by Crippen LogP contribution is -2.59. The summed E-state index contributed by atoms with van der Waals surface area (Å²) in [4.78, 5) is 39.8. The zero-order valence-corrected chi connectivity index (χ0v) is 17.8. The minimum absolute atomic E-state index is 0.0890. The number of ether oxygens (including phenoxy) is 1. The van der Waals surface area contributed by atoms with E-state index in [4.69, 9.17) is 4.74 Å². The quantitative estimate of drug-likeness (QED) is 0.764. The van der Waals surface area contributed by atoms with Crippen molar-refractivity contribution in [1.29, 1.82) is 0 Å². The molecule has 160 valence electrons. The van der Waals surface area contributed by atoms with Gasteiger partial charge in [0.15, 0.2) is 6.61 Å². The van der Waals surface area contributed by atoms with Crippen LogP contribution in [-0.4, -0.2) is 29.9 Å². The minimum atomic E-state index is -1.06. The van der Waals surface area contributed by atoms with E-state index in [-0.39, 0.29) is 29.8 Å². The predicted molar refractivity (Wildman–Crippen MR) is 113 cm³/mol. The van der Waals surface area contributed by atoms with Gasteiger partial charge in [-0.2, -0.15) is 0 Å². The summed E-state index contributed by atoms with van der Waals surface area (Å²) >= 11 is 0. The highest BCUT2D eigenvalue weighted by Gasteiger charge is 2.52. The third kappa shape index (κ3) is 3.21. The first kappa shape index (κ1) is 19.6. The molecule has 0 spiro atoms. The van der Waals surface area contributed by atoms with Crippen LogP contribution in [0.1, 0.15) is 58.8 Å². The molecule has 6 rings (SSSR count). The van der Waals surface area contributed by atoms with Gasteiger partial charge in [-0.15, -0.1) is 0 Å². The average Bonchev–Trinajstić information content (AvgIpc) is 2.65. The van der Waals surface area contributed by atoms with Crippen LogP contribution in [0, 0.1) is 23.2 Å². The van der Waals surface area contributed by atoms with Crippen molar-refractivity contribution in [3.05, 3.63) is 24.3 Å². The average molecular weight is 411 g/mol. The predicted octanol–water partition coefficient (Wildman–Crippen LogP) is 3.90. The number of rotatable bonds is 4. The third-order valence-electron chi connectivity index (χ3n) is 7.80. The van der Waals surface area contributed by atoms with E-state index >= 15 is 0 Å². The van der Waals surface area contributed by atoms with Gasteiger partial charge in [0.2, 0.25) is 5.91 Å². The van der Waals surface area contributed by atoms with E-state index in [0.29, 0.717) is 17.8 Å². The van der Waals surface area contributed by atoms with Crippen molar-refractivity contribution < 1.29 is 19.1 Å². The molecule has 0 saturated heterocycles. The number of esters is 1. The first-order chi connectivity index (χ1) is 14.3. The SMILES string of the molecule is CC1(C)C(=O)Nc2ccccc2N1C(=O)COC(=O)CC12CC3CC(CC(C3)C1)C2. The Hall–Kier alpha value is -2.37. The summed E-state index contributed by atoms with van der Waals surface area (Å²) < 4.78 is 5.48. The Morgan fingerprint density at radius 3 is 2.30 bits per heavy atom. The second-order valence-electron chi connectivity index (χ2n) is 10.5. The Morgan fingerprint density at radius 2 is 1.67 bits per heavy atom. The lowest BCUT2D eigenvalue weighted by molar-refractivity contribution is -0.155. The molecule has 4 saturated carbocycles. The number of para-hydroxylation sites is 2. The van der Waals surface area contributed by atoms with Crippen LogP contribution in [0.5, 0.6) is 0 Å². The number of anilines is 2. The second kappa shape index (κ2) is 6.82. The number of nitrogens with one attached hydrogen (secondary N) is 1. The number of amides is 2. The molecule has 30 heavy (non-hydrogen) atoms. The zero-order valence-electron chi connectivity index (χ0n) is 17.8. The lowest BCUT2D eigenvalue weighted by atomic mass is 9.49. The van der Waals surface area contributed by atoms with Crippen LogP contribution in [0.2, 0.25) is 0 Å². The fourth-order valence-corrected chi connectivity index (χ4v) is 6.97. The Kier molecular flexibility index (Phi) is 4.46. The van der Waals surface area contributed by atoms with Gasteiger partial charge in [-0.1, -0.05) is 12.1 Å². The smallest absolute Gasteiger partial charge is 0.306 e. The largest absolute Gasteiger partial charge is 0.456 e. The molecule has 5 aliphatic rings. The fourth-order valence-electron chi connectivity index (χ4n) is 6.97. The zero-order chi connectivity index (χ0) is 21.1. The van der Waals surface area contributed by atoms with E-state index in [1.807, 2.05) is 12.1 Å². The van der Waals surface area contributed by atoms with Crippen molar-refractivity contribution in [2.75, 3.05) is 16.8 Å². The summed E-state index contributed by atoms with van der Waals surface area (Å²) in [5.74, 6) is 1.41. The van der Waals surface area contributed by atoms with Crippen LogP contribution in [0.3, 0.4) is 0 Å². The molecule has 6 nitrogen and oxygen atoms in total. The summed E-state index contributed by atoms with van der Waals surface area (Å²) in [6.07, 6.45) is 7.82. The van der Waals surface area contributed by atoms with Crippen molar-refractivity contribution in [2.24, 2.45) is 23.2 Å². The monoisotopic (exact) mass is 410 g/mol. The molecule has 4 fully saturated rings. The van der Waals surface area contributed by atoms with Gasteiger partial charge >= 0.3 is 5.97 Å². The Labute approximate surface area is 177 Å². The van der Waals surface area contributed by atoms with Crippen LogP contribution < -0.4 is 10.2 Å². The van der Waals surface area contributed by atoms with Crippen molar-refractivity contribution in [2.45, 2.75) is 64.3 Å². The van der Waals surface area contributed by atoms with Crippen molar-refractivity contribution >= 4 is 29.2 Å². The van der Waals surface area contributed by atoms with E-state index in [9.17, 15) is 14.4 Å².